The van der Waals surface area contributed by atoms with Crippen molar-refractivity contribution in [2.45, 2.75) is 33.6 Å². The van der Waals surface area contributed by atoms with Crippen LogP contribution in [0.3, 0.4) is 0 Å². The molecule has 68 valence electrons. The van der Waals surface area contributed by atoms with E-state index in [0.29, 0.717) is 18.4 Å². The quantitative estimate of drug-likeness (QED) is 0.589. The first-order chi connectivity index (χ1) is 5.45. The fourth-order valence-electron chi connectivity index (χ4n) is 0.764. The van der Waals surface area contributed by atoms with Gasteiger partial charge < -0.3 is 0 Å². The normalized spacial score (nSPS) is 12.2. The number of hydrogen-bond acceptors (Lipinski definition) is 2. The predicted octanol–water partition coefficient (Wildman–Crippen LogP) is 2.14. The third kappa shape index (κ3) is 4.06. The molecule has 0 saturated heterocycles. The molecule has 0 aromatic heterocycles. The molecule has 0 aliphatic heterocycles. The highest BCUT2D eigenvalue weighted by atomic mass is 16.1. The highest BCUT2D eigenvalue weighted by Crippen LogP contribution is 2.09. The molecular weight excluding hydrogens is 152 g/mol. The summed E-state index contributed by atoms with van der Waals surface area (Å²) in [6.45, 7) is 8.63. The van der Waals surface area contributed by atoms with Crippen molar-refractivity contribution in [2.75, 3.05) is 0 Å². The smallest absolute Gasteiger partial charge is 0.158 e. The average molecular weight is 168 g/mol. The second kappa shape index (κ2) is 4.86. The zero-order chi connectivity index (χ0) is 9.72. The summed E-state index contributed by atoms with van der Waals surface area (Å²) in [6.07, 6.45) is 1.08. The molecule has 0 spiro atoms. The third-order valence-corrected chi connectivity index (χ3v) is 1.97. The molecule has 2 nitrogen and oxygen atoms in total. The summed E-state index contributed by atoms with van der Waals surface area (Å²) >= 11 is 0. The van der Waals surface area contributed by atoms with Crippen LogP contribution in [0.1, 0.15) is 33.6 Å². The van der Waals surface area contributed by atoms with Crippen LogP contribution in [-0.2, 0) is 9.59 Å². The summed E-state index contributed by atoms with van der Waals surface area (Å²) in [7, 11) is 0. The van der Waals surface area contributed by atoms with E-state index in [-0.39, 0.29) is 17.5 Å². The van der Waals surface area contributed by atoms with Crippen molar-refractivity contribution >= 4 is 11.6 Å². The van der Waals surface area contributed by atoms with Crippen LogP contribution in [0.2, 0.25) is 0 Å². The molecule has 0 aliphatic carbocycles. The lowest BCUT2D eigenvalue weighted by Crippen LogP contribution is -2.09. The predicted molar refractivity (Wildman–Crippen MR) is 48.9 cm³/mol. The molecule has 0 radical (unpaired) electrons. The first-order valence-electron chi connectivity index (χ1n) is 4.14. The lowest BCUT2D eigenvalue weighted by Gasteiger charge is -2.05. The van der Waals surface area contributed by atoms with Gasteiger partial charge >= 0.3 is 0 Å². The molecule has 0 aromatic rings. The second-order valence-electron chi connectivity index (χ2n) is 3.25. The van der Waals surface area contributed by atoms with E-state index in [1.807, 2.05) is 6.92 Å². The molecule has 0 bridgehead atoms. The fourth-order valence-corrected chi connectivity index (χ4v) is 0.764. The molecule has 0 saturated carbocycles. The molecule has 1 atom stereocenters. The number of Topliss-reactive ketones (excluding diaryl/α,β-unsaturated/α-hetero) is 2. The molecule has 0 N–H and O–H groups in total. The number of carbonyl (C=O) groups excluding carboxylic acids is 2. The summed E-state index contributed by atoms with van der Waals surface area (Å²) < 4.78 is 0. The molecule has 1 unspecified atom stereocenters. The molecule has 0 rings (SSSR count). The first-order valence-corrected chi connectivity index (χ1v) is 4.14. The van der Waals surface area contributed by atoms with Crippen molar-refractivity contribution in [1.82, 2.24) is 0 Å². The lowest BCUT2D eigenvalue weighted by molar-refractivity contribution is -0.120. The minimum absolute atomic E-state index is 0.00620. The standard InChI is InChI=1S/C10H16O2/c1-7(2)10(12)6-5-8(3)9(4)11/h8H,1,5-6H2,2-4H3. The van der Waals surface area contributed by atoms with Gasteiger partial charge in [0.05, 0.1) is 0 Å². The number of ketones is 2. The van der Waals surface area contributed by atoms with E-state index in [1.54, 1.807) is 13.8 Å². The zero-order valence-corrected chi connectivity index (χ0v) is 8.02. The van der Waals surface area contributed by atoms with Gasteiger partial charge in [-0.3, -0.25) is 9.59 Å². The van der Waals surface area contributed by atoms with E-state index in [9.17, 15) is 9.59 Å². The van der Waals surface area contributed by atoms with Crippen molar-refractivity contribution < 1.29 is 9.59 Å². The molecular formula is C10H16O2. The van der Waals surface area contributed by atoms with E-state index in [4.69, 9.17) is 0 Å². The van der Waals surface area contributed by atoms with Gasteiger partial charge in [-0.1, -0.05) is 13.5 Å². The minimum atomic E-state index is -0.00620. The Morgan fingerprint density at radius 2 is 1.83 bits per heavy atom. The minimum Gasteiger partial charge on any atom is -0.300 e. The summed E-state index contributed by atoms with van der Waals surface area (Å²) in [5, 5.41) is 0. The third-order valence-electron chi connectivity index (χ3n) is 1.97. The van der Waals surface area contributed by atoms with Gasteiger partial charge in [-0.2, -0.15) is 0 Å². The van der Waals surface area contributed by atoms with Crippen LogP contribution in [0.15, 0.2) is 12.2 Å². The molecule has 12 heavy (non-hydrogen) atoms. The molecule has 0 aliphatic rings. The van der Waals surface area contributed by atoms with E-state index in [2.05, 4.69) is 6.58 Å². The van der Waals surface area contributed by atoms with Crippen LogP contribution in [-0.4, -0.2) is 11.6 Å². The summed E-state index contributed by atoms with van der Waals surface area (Å²) in [5.41, 5.74) is 0.575. The van der Waals surface area contributed by atoms with Gasteiger partial charge in [-0.05, 0) is 25.8 Å². The summed E-state index contributed by atoms with van der Waals surface area (Å²) in [4.78, 5) is 21.9. The highest BCUT2D eigenvalue weighted by molar-refractivity contribution is 5.94. The maximum absolute atomic E-state index is 11.1. The zero-order valence-electron chi connectivity index (χ0n) is 8.02. The van der Waals surface area contributed by atoms with E-state index < -0.39 is 0 Å². The Labute approximate surface area is 73.7 Å². The number of hydrogen-bond donors (Lipinski definition) is 0. The van der Waals surface area contributed by atoms with Crippen LogP contribution in [0.4, 0.5) is 0 Å². The Balaban J connectivity index is 3.76. The fraction of sp³-hybridized carbons (Fsp3) is 0.600. The Bertz CT molecular complexity index is 204. The van der Waals surface area contributed by atoms with Crippen molar-refractivity contribution in [3.05, 3.63) is 12.2 Å². The topological polar surface area (TPSA) is 34.1 Å². The Morgan fingerprint density at radius 3 is 2.17 bits per heavy atom. The number of carbonyl (C=O) groups is 2. The van der Waals surface area contributed by atoms with Gasteiger partial charge in [0, 0.05) is 12.3 Å². The Morgan fingerprint density at radius 1 is 1.33 bits per heavy atom. The Kier molecular flexibility index (Phi) is 4.49. The lowest BCUT2D eigenvalue weighted by atomic mass is 9.98. The summed E-state index contributed by atoms with van der Waals surface area (Å²) in [5.74, 6) is 0.195. The maximum atomic E-state index is 11.1. The molecule has 0 aromatic carbocycles. The average Bonchev–Trinajstić information content (AvgIpc) is 1.98. The SMILES string of the molecule is C=C(C)C(=O)CCC(C)C(C)=O. The van der Waals surface area contributed by atoms with Crippen molar-refractivity contribution in [1.29, 1.82) is 0 Å². The molecule has 0 heterocycles. The van der Waals surface area contributed by atoms with E-state index in [0.717, 1.165) is 0 Å². The van der Waals surface area contributed by atoms with Crippen LogP contribution in [0, 0.1) is 5.92 Å². The van der Waals surface area contributed by atoms with Crippen LogP contribution < -0.4 is 0 Å². The van der Waals surface area contributed by atoms with E-state index in [1.165, 1.54) is 0 Å². The summed E-state index contributed by atoms with van der Waals surface area (Å²) in [6, 6.07) is 0. The van der Waals surface area contributed by atoms with Crippen LogP contribution in [0.25, 0.3) is 0 Å². The van der Waals surface area contributed by atoms with E-state index >= 15 is 0 Å². The van der Waals surface area contributed by atoms with Gasteiger partial charge in [-0.25, -0.2) is 0 Å². The van der Waals surface area contributed by atoms with Crippen LogP contribution >= 0.6 is 0 Å². The van der Waals surface area contributed by atoms with Gasteiger partial charge in [-0.15, -0.1) is 0 Å². The van der Waals surface area contributed by atoms with Gasteiger partial charge in [0.1, 0.15) is 5.78 Å². The highest BCUT2D eigenvalue weighted by Gasteiger charge is 2.10. The van der Waals surface area contributed by atoms with Crippen molar-refractivity contribution in [3.8, 4) is 0 Å². The second-order valence-corrected chi connectivity index (χ2v) is 3.25. The molecule has 2 heteroatoms. The molecule has 0 fully saturated rings. The van der Waals surface area contributed by atoms with Gasteiger partial charge in [0.2, 0.25) is 0 Å². The van der Waals surface area contributed by atoms with Crippen molar-refractivity contribution in [3.63, 3.8) is 0 Å². The number of allylic oxidation sites excluding steroid dienone is 1. The first kappa shape index (κ1) is 11.1. The maximum Gasteiger partial charge on any atom is 0.158 e. The number of rotatable bonds is 5. The van der Waals surface area contributed by atoms with Gasteiger partial charge in [0.25, 0.3) is 0 Å². The van der Waals surface area contributed by atoms with Crippen LogP contribution in [0.5, 0.6) is 0 Å². The van der Waals surface area contributed by atoms with Gasteiger partial charge in [0.15, 0.2) is 5.78 Å². The Hall–Kier alpha value is -0.920. The largest absolute Gasteiger partial charge is 0.300 e. The monoisotopic (exact) mass is 168 g/mol. The van der Waals surface area contributed by atoms with Crippen molar-refractivity contribution in [2.24, 2.45) is 5.92 Å². The molecule has 0 amide bonds.